The summed E-state index contributed by atoms with van der Waals surface area (Å²) in [5.41, 5.74) is 0.791. The van der Waals surface area contributed by atoms with E-state index in [4.69, 9.17) is 32.8 Å². The molecule has 2 N–H and O–H groups in total. The first-order valence-electron chi connectivity index (χ1n) is 18.3. The molecule has 4 heterocycles. The van der Waals surface area contributed by atoms with E-state index in [9.17, 15) is 25.6 Å². The molecule has 4 aromatic carbocycles. The highest BCUT2D eigenvalue weighted by Gasteiger charge is 2.21. The van der Waals surface area contributed by atoms with E-state index >= 15 is 0 Å². The Kier molecular flexibility index (Phi) is 12.9. The lowest BCUT2D eigenvalue weighted by molar-refractivity contribution is 0.355. The molecule has 20 heteroatoms. The fourth-order valence-electron chi connectivity index (χ4n) is 5.97. The molecule has 0 unspecified atom stereocenters. The molecule has 0 saturated heterocycles. The van der Waals surface area contributed by atoms with E-state index in [1.807, 2.05) is 0 Å². The Balaban J connectivity index is 0.000000189. The Labute approximate surface area is 363 Å². The van der Waals surface area contributed by atoms with Crippen LogP contribution >= 0.6 is 11.3 Å². The van der Waals surface area contributed by atoms with Crippen molar-refractivity contribution in [1.29, 1.82) is 0 Å². The number of aryl methyl sites for hydroxylation is 1. The van der Waals surface area contributed by atoms with E-state index in [2.05, 4.69) is 19.4 Å². The van der Waals surface area contributed by atoms with Crippen molar-refractivity contribution in [2.45, 2.75) is 16.2 Å². The molecule has 0 radical (unpaired) electrons. The molecule has 0 aliphatic carbocycles. The van der Waals surface area contributed by atoms with E-state index < -0.39 is 31.7 Å². The van der Waals surface area contributed by atoms with Gasteiger partial charge in [-0.15, -0.1) is 11.3 Å². The Hall–Kier alpha value is -7.16. The van der Waals surface area contributed by atoms with Gasteiger partial charge in [-0.2, -0.15) is 8.42 Å². The SMILES string of the molecule is COc1cc2nccc(Oc3ccc(NS(=O)(=O)c4ccc(C)s4)c(F)c3)c2cc1OC.COc1cc2nccc(Oc3ccc(NS(=O)(=O)c4ccco4)c(F)c3)c2cc1OC. The number of anilines is 2. The van der Waals surface area contributed by atoms with Crippen LogP contribution in [-0.2, 0) is 20.0 Å². The number of benzene rings is 4. The second-order valence-electron chi connectivity index (χ2n) is 13.1. The van der Waals surface area contributed by atoms with Crippen molar-refractivity contribution >= 4 is 64.6 Å². The number of hydrogen-bond acceptors (Lipinski definition) is 14. The van der Waals surface area contributed by atoms with Gasteiger partial charge in [0.2, 0.25) is 5.09 Å². The van der Waals surface area contributed by atoms with Crippen LogP contribution in [0.2, 0.25) is 0 Å². The van der Waals surface area contributed by atoms with E-state index in [1.165, 1.54) is 77.2 Å². The van der Waals surface area contributed by atoms with Gasteiger partial charge >= 0.3 is 0 Å². The fourth-order valence-corrected chi connectivity index (χ4v) is 9.32. The van der Waals surface area contributed by atoms with Crippen molar-refractivity contribution in [2.24, 2.45) is 0 Å². The number of rotatable bonds is 14. The van der Waals surface area contributed by atoms with Gasteiger partial charge in [-0.1, -0.05) is 0 Å². The summed E-state index contributed by atoms with van der Waals surface area (Å²) in [6.45, 7) is 1.80. The number of ether oxygens (including phenoxy) is 6. The Morgan fingerprint density at radius 3 is 1.46 bits per heavy atom. The number of hydrogen-bond donors (Lipinski definition) is 2. The molecule has 15 nitrogen and oxygen atoms in total. The van der Waals surface area contributed by atoms with Gasteiger partial charge in [-0.05, 0) is 79.7 Å². The molecule has 0 amide bonds. The minimum atomic E-state index is -4.04. The summed E-state index contributed by atoms with van der Waals surface area (Å²) in [6, 6.07) is 23.7. The summed E-state index contributed by atoms with van der Waals surface area (Å²) >= 11 is 1.11. The summed E-state index contributed by atoms with van der Waals surface area (Å²) < 4.78 is 121. The summed E-state index contributed by atoms with van der Waals surface area (Å²) in [6.07, 6.45) is 4.32. The highest BCUT2D eigenvalue weighted by molar-refractivity contribution is 7.94. The van der Waals surface area contributed by atoms with Gasteiger partial charge in [-0.25, -0.2) is 17.2 Å². The summed E-state index contributed by atoms with van der Waals surface area (Å²) in [5.74, 6) is 1.64. The zero-order valence-corrected chi connectivity index (χ0v) is 36.3. The van der Waals surface area contributed by atoms with Crippen molar-refractivity contribution in [3.8, 4) is 46.0 Å². The average molecular weight is 919 g/mol. The van der Waals surface area contributed by atoms with Gasteiger partial charge in [0.05, 0.1) is 57.1 Å². The second kappa shape index (κ2) is 18.4. The normalized spacial score (nSPS) is 11.3. The number of nitrogens with one attached hydrogen (secondary N) is 2. The Morgan fingerprint density at radius 1 is 0.571 bits per heavy atom. The maximum absolute atomic E-state index is 14.7. The van der Waals surface area contributed by atoms with Crippen molar-refractivity contribution in [1.82, 2.24) is 9.97 Å². The standard InChI is InChI=1S/C22H19FN2O5S2.C21H17FN2O6S/c1-13-4-7-22(31-13)32(26,27)25-17-6-5-14(10-16(17)23)30-19-8-9-24-18-12-21(29-3)20(28-2)11-15(18)19;1-27-19-11-14-17(12-20(19)28-2)23-8-7-18(14)30-13-5-6-16(15(22)10-13)24-31(25,26)21-4-3-9-29-21/h4-12,25H,1-3H3;3-12,24H,1-2H3. The first-order chi connectivity index (χ1) is 30.2. The first kappa shape index (κ1) is 43.9. The number of thiophene rings is 1. The zero-order chi connectivity index (χ0) is 44.9. The van der Waals surface area contributed by atoms with E-state index in [0.29, 0.717) is 56.3 Å². The summed E-state index contributed by atoms with van der Waals surface area (Å²) in [4.78, 5) is 9.43. The third-order valence-corrected chi connectivity index (χ3v) is 13.1. The van der Waals surface area contributed by atoms with E-state index in [-0.39, 0.29) is 32.2 Å². The Morgan fingerprint density at radius 2 is 1.05 bits per heavy atom. The molecule has 8 aromatic rings. The van der Waals surface area contributed by atoms with Crippen LogP contribution in [0, 0.1) is 18.6 Å². The van der Waals surface area contributed by atoms with E-state index in [0.717, 1.165) is 28.3 Å². The number of fused-ring (bicyclic) bond motifs is 2. The minimum absolute atomic E-state index is 0.113. The zero-order valence-electron chi connectivity index (χ0n) is 33.8. The van der Waals surface area contributed by atoms with Crippen LogP contribution in [0.3, 0.4) is 0 Å². The van der Waals surface area contributed by atoms with Gasteiger partial charge < -0.3 is 32.8 Å². The highest BCUT2D eigenvalue weighted by atomic mass is 32.2. The van der Waals surface area contributed by atoms with Gasteiger partial charge in [0.15, 0.2) is 34.6 Å². The van der Waals surface area contributed by atoms with E-state index in [1.54, 1.807) is 61.8 Å². The second-order valence-corrected chi connectivity index (χ2v) is 17.9. The molecular weight excluding hydrogens is 883 g/mol. The van der Waals surface area contributed by atoms with Crippen molar-refractivity contribution in [2.75, 3.05) is 37.9 Å². The smallest absolute Gasteiger partial charge is 0.295 e. The van der Waals surface area contributed by atoms with Crippen LogP contribution in [0.1, 0.15) is 4.88 Å². The molecular formula is C43H36F2N4O11S3. The lowest BCUT2D eigenvalue weighted by atomic mass is 10.2. The largest absolute Gasteiger partial charge is 0.493 e. The monoisotopic (exact) mass is 918 g/mol. The molecule has 326 valence electrons. The number of nitrogens with zero attached hydrogens (tertiary/aromatic N) is 2. The van der Waals surface area contributed by atoms with Crippen molar-refractivity contribution in [3.05, 3.63) is 132 Å². The molecule has 0 aliphatic heterocycles. The molecule has 0 bridgehead atoms. The molecule has 0 spiro atoms. The lowest BCUT2D eigenvalue weighted by Gasteiger charge is -2.13. The predicted octanol–water partition coefficient (Wildman–Crippen LogP) is 9.93. The number of furan rings is 1. The molecule has 0 fully saturated rings. The summed E-state index contributed by atoms with van der Waals surface area (Å²) in [7, 11) is -1.83. The third-order valence-electron chi connectivity index (χ3n) is 8.98. The van der Waals surface area contributed by atoms with Crippen molar-refractivity contribution < 1.29 is 58.5 Å². The number of aromatic nitrogens is 2. The third kappa shape index (κ3) is 9.82. The summed E-state index contributed by atoms with van der Waals surface area (Å²) in [5, 5.41) is 0.950. The van der Waals surface area contributed by atoms with Gasteiger partial charge in [0.1, 0.15) is 27.2 Å². The minimum Gasteiger partial charge on any atom is -0.493 e. The fraction of sp³-hybridized carbons (Fsp3) is 0.116. The first-order valence-corrected chi connectivity index (χ1v) is 22.1. The molecule has 8 rings (SSSR count). The molecule has 4 aromatic heterocycles. The average Bonchev–Trinajstić information content (AvgIpc) is 3.99. The van der Waals surface area contributed by atoms with Crippen LogP contribution in [0.25, 0.3) is 21.8 Å². The van der Waals surface area contributed by atoms with Crippen LogP contribution in [-0.4, -0.2) is 55.2 Å². The van der Waals surface area contributed by atoms with Gasteiger partial charge in [-0.3, -0.25) is 19.4 Å². The molecule has 0 atom stereocenters. The highest BCUT2D eigenvalue weighted by Crippen LogP contribution is 2.39. The molecule has 0 saturated carbocycles. The quantitative estimate of drug-likeness (QED) is 0.105. The van der Waals surface area contributed by atoms with Crippen LogP contribution in [0.4, 0.5) is 20.2 Å². The number of sulfonamides is 2. The molecule has 0 aliphatic rings. The van der Waals surface area contributed by atoms with Gasteiger partial charge in [0.25, 0.3) is 20.0 Å². The lowest BCUT2D eigenvalue weighted by Crippen LogP contribution is -2.13. The van der Waals surface area contributed by atoms with Crippen LogP contribution in [0.15, 0.2) is 129 Å². The van der Waals surface area contributed by atoms with Crippen molar-refractivity contribution in [3.63, 3.8) is 0 Å². The van der Waals surface area contributed by atoms with Gasteiger partial charge in [0, 0.05) is 52.3 Å². The van der Waals surface area contributed by atoms with Crippen LogP contribution in [0.5, 0.6) is 46.0 Å². The number of pyridine rings is 2. The topological polar surface area (TPSA) is 187 Å². The van der Waals surface area contributed by atoms with Crippen LogP contribution < -0.4 is 37.9 Å². The Bertz CT molecular complexity index is 3170. The number of methoxy groups -OCH3 is 4. The maximum atomic E-state index is 14.7. The molecule has 63 heavy (non-hydrogen) atoms. The maximum Gasteiger partial charge on any atom is 0.295 e. The number of halogens is 2. The predicted molar refractivity (Wildman–Crippen MR) is 232 cm³/mol.